The minimum Gasteiger partial charge on any atom is -0.481 e. The Kier molecular flexibility index (Phi) is 6.28. The Bertz CT molecular complexity index is 619. The van der Waals surface area contributed by atoms with Crippen molar-refractivity contribution in [2.24, 2.45) is 5.92 Å². The molecule has 0 saturated carbocycles. The van der Waals surface area contributed by atoms with Crippen LogP contribution in [0.25, 0.3) is 0 Å². The Morgan fingerprint density at radius 2 is 1.43 bits per heavy atom. The van der Waals surface area contributed by atoms with Gasteiger partial charge in [0.05, 0.1) is 0 Å². The summed E-state index contributed by atoms with van der Waals surface area (Å²) in [5, 5.41) is 21.1. The van der Waals surface area contributed by atoms with E-state index in [9.17, 15) is 38.3 Å². The molecule has 1 aromatic rings. The summed E-state index contributed by atoms with van der Waals surface area (Å²) < 4.78 is 22.9. The predicted octanol–water partition coefficient (Wildman–Crippen LogP) is 0.169. The van der Waals surface area contributed by atoms with Gasteiger partial charge in [0.25, 0.3) is 0 Å². The highest BCUT2D eigenvalue weighted by atomic mass is 32.1. The zero-order valence-corrected chi connectivity index (χ0v) is 13.9. The lowest BCUT2D eigenvalue weighted by molar-refractivity contribution is -0.140. The van der Waals surface area contributed by atoms with Crippen molar-refractivity contribution in [1.29, 1.82) is 0 Å². The molecule has 1 heterocycles. The maximum atomic E-state index is 11.5. The molecule has 0 aliphatic carbocycles. The second-order valence-corrected chi connectivity index (χ2v) is 8.99. The van der Waals surface area contributed by atoms with Gasteiger partial charge in [-0.05, 0) is 28.8 Å². The van der Waals surface area contributed by atoms with Gasteiger partial charge in [-0.3, -0.25) is 18.7 Å². The smallest absolute Gasteiger partial charge is 0.340 e. The van der Waals surface area contributed by atoms with Crippen LogP contribution in [0.3, 0.4) is 0 Å². The van der Waals surface area contributed by atoms with Crippen LogP contribution < -0.4 is 0 Å². The molecule has 1 aromatic heterocycles. The number of carboxylic acids is 2. The number of hydrogen-bond acceptors (Lipinski definition) is 5. The van der Waals surface area contributed by atoms with E-state index < -0.39 is 50.8 Å². The van der Waals surface area contributed by atoms with E-state index in [0.29, 0.717) is 5.56 Å². The van der Waals surface area contributed by atoms with Gasteiger partial charge in [0.2, 0.25) is 0 Å². The third-order valence-electron chi connectivity index (χ3n) is 3.09. The van der Waals surface area contributed by atoms with E-state index in [1.54, 1.807) is 5.38 Å². The van der Waals surface area contributed by atoms with Gasteiger partial charge >= 0.3 is 27.1 Å². The van der Waals surface area contributed by atoms with Crippen LogP contribution in [0.2, 0.25) is 0 Å². The van der Waals surface area contributed by atoms with Crippen molar-refractivity contribution < 1.29 is 48.5 Å². The number of hydrogen-bond donors (Lipinski definition) is 6. The second-order valence-electron chi connectivity index (χ2n) is 4.74. The standard InChI is InChI=1S/C10H14O10P2S/c11-9(12)7(21(15,16)17)6(3-5-1-2-23-4-5)8(10(13)14)22(18,19)20/h1-2,4,6-8H,3H2,(H,11,12)(H,13,14)(H2,15,16,17)(H2,18,19,20). The summed E-state index contributed by atoms with van der Waals surface area (Å²) in [7, 11) is -10.7. The normalized spacial score (nSPS) is 16.5. The molecule has 1 rings (SSSR count). The second kappa shape index (κ2) is 7.23. The van der Waals surface area contributed by atoms with Gasteiger partial charge in [0, 0.05) is 5.92 Å². The van der Waals surface area contributed by atoms with Crippen LogP contribution in [0, 0.1) is 5.92 Å². The molecular weight excluding hydrogens is 374 g/mol. The van der Waals surface area contributed by atoms with E-state index in [1.807, 2.05) is 0 Å². The third kappa shape index (κ3) is 5.22. The van der Waals surface area contributed by atoms with Crippen molar-refractivity contribution in [2.75, 3.05) is 0 Å². The summed E-state index contributed by atoms with van der Waals surface area (Å²) in [5.41, 5.74) is -4.80. The molecule has 0 aliphatic rings. The Balaban J connectivity index is 3.46. The topological polar surface area (TPSA) is 190 Å². The highest BCUT2D eigenvalue weighted by molar-refractivity contribution is 7.55. The van der Waals surface area contributed by atoms with Crippen LogP contribution in [0.15, 0.2) is 16.8 Å². The van der Waals surface area contributed by atoms with E-state index in [1.165, 1.54) is 11.4 Å². The molecular formula is C10H14O10P2S. The average molecular weight is 388 g/mol. The Morgan fingerprint density at radius 1 is 1.00 bits per heavy atom. The summed E-state index contributed by atoms with van der Waals surface area (Å²) in [5.74, 6) is -6.06. The van der Waals surface area contributed by atoms with Crippen LogP contribution >= 0.6 is 26.5 Å². The molecule has 13 heteroatoms. The van der Waals surface area contributed by atoms with E-state index in [0.717, 1.165) is 11.3 Å². The van der Waals surface area contributed by atoms with Gasteiger partial charge in [-0.1, -0.05) is 0 Å². The van der Waals surface area contributed by atoms with Crippen molar-refractivity contribution in [3.63, 3.8) is 0 Å². The minimum absolute atomic E-state index is 0.319. The van der Waals surface area contributed by atoms with E-state index >= 15 is 0 Å². The van der Waals surface area contributed by atoms with Crippen LogP contribution in [0.1, 0.15) is 5.56 Å². The molecule has 0 saturated heterocycles. The number of carbonyl (C=O) groups is 2. The highest BCUT2D eigenvalue weighted by Gasteiger charge is 2.53. The molecule has 0 aromatic carbocycles. The Morgan fingerprint density at radius 3 is 1.70 bits per heavy atom. The molecule has 2 unspecified atom stereocenters. The summed E-state index contributed by atoms with van der Waals surface area (Å²) in [4.78, 5) is 59.4. The van der Waals surface area contributed by atoms with Crippen LogP contribution in [0.4, 0.5) is 0 Å². The first-order valence-corrected chi connectivity index (χ1v) is 10.2. The first-order valence-electron chi connectivity index (χ1n) is 5.92. The fourth-order valence-corrected chi connectivity index (χ4v) is 5.18. The average Bonchev–Trinajstić information content (AvgIpc) is 2.76. The van der Waals surface area contributed by atoms with Crippen molar-refractivity contribution in [3.8, 4) is 0 Å². The van der Waals surface area contributed by atoms with Gasteiger partial charge < -0.3 is 29.8 Å². The molecule has 0 aliphatic heterocycles. The SMILES string of the molecule is O=C(O)C(C(Cc1ccsc1)C(C(=O)O)P(=O)(O)O)P(=O)(O)O. The maximum absolute atomic E-state index is 11.5. The van der Waals surface area contributed by atoms with Crippen molar-refractivity contribution in [2.45, 2.75) is 17.7 Å². The zero-order valence-electron chi connectivity index (χ0n) is 11.3. The van der Waals surface area contributed by atoms with Gasteiger partial charge in [0.1, 0.15) is 0 Å². The minimum atomic E-state index is -5.37. The molecule has 0 bridgehead atoms. The highest BCUT2D eigenvalue weighted by Crippen LogP contribution is 2.54. The van der Waals surface area contributed by atoms with Gasteiger partial charge in [-0.15, -0.1) is 0 Å². The lowest BCUT2D eigenvalue weighted by atomic mass is 9.93. The first-order chi connectivity index (χ1) is 10.4. The van der Waals surface area contributed by atoms with Gasteiger partial charge in [0.15, 0.2) is 11.3 Å². The van der Waals surface area contributed by atoms with Crippen molar-refractivity contribution in [3.05, 3.63) is 22.4 Å². The maximum Gasteiger partial charge on any atom is 0.340 e. The molecule has 0 radical (unpaired) electrons. The summed E-state index contributed by atoms with van der Waals surface area (Å²) in [6.07, 6.45) is -0.520. The number of carboxylic acid groups (broad SMARTS) is 2. The van der Waals surface area contributed by atoms with Crippen LogP contribution in [-0.2, 0) is 25.1 Å². The molecule has 2 atom stereocenters. The Hall–Kier alpha value is -1.06. The largest absolute Gasteiger partial charge is 0.481 e. The fraction of sp³-hybridized carbons (Fsp3) is 0.400. The van der Waals surface area contributed by atoms with Crippen molar-refractivity contribution >= 4 is 38.5 Å². The summed E-state index contributed by atoms with van der Waals surface area (Å²) in [6, 6.07) is 1.44. The third-order valence-corrected chi connectivity index (χ3v) is 6.48. The van der Waals surface area contributed by atoms with Gasteiger partial charge in [-0.25, -0.2) is 0 Å². The quantitative estimate of drug-likeness (QED) is 0.335. The number of thiophene rings is 1. The lowest BCUT2D eigenvalue weighted by Gasteiger charge is -2.29. The van der Waals surface area contributed by atoms with Gasteiger partial charge in [-0.2, -0.15) is 11.3 Å². The molecule has 0 amide bonds. The number of rotatable bonds is 8. The fourth-order valence-electron chi connectivity index (χ4n) is 2.23. The summed E-state index contributed by atoms with van der Waals surface area (Å²) in [6.45, 7) is 0. The van der Waals surface area contributed by atoms with Crippen molar-refractivity contribution in [1.82, 2.24) is 0 Å². The van der Waals surface area contributed by atoms with E-state index in [-0.39, 0.29) is 0 Å². The lowest BCUT2D eigenvalue weighted by Crippen LogP contribution is -2.42. The van der Waals surface area contributed by atoms with E-state index in [4.69, 9.17) is 10.2 Å². The first kappa shape index (κ1) is 20.0. The Labute approximate surface area is 133 Å². The molecule has 10 nitrogen and oxygen atoms in total. The predicted molar refractivity (Wildman–Crippen MR) is 78.4 cm³/mol. The molecule has 130 valence electrons. The zero-order chi connectivity index (χ0) is 18.0. The van der Waals surface area contributed by atoms with Crippen LogP contribution in [0.5, 0.6) is 0 Å². The molecule has 0 fully saturated rings. The molecule has 23 heavy (non-hydrogen) atoms. The summed E-state index contributed by atoms with van der Waals surface area (Å²) >= 11 is 1.15. The molecule has 0 spiro atoms. The van der Waals surface area contributed by atoms with Crippen LogP contribution in [-0.4, -0.2) is 53.0 Å². The number of aliphatic carboxylic acids is 2. The van der Waals surface area contributed by atoms with E-state index in [2.05, 4.69) is 0 Å². The monoisotopic (exact) mass is 388 g/mol. The molecule has 6 N–H and O–H groups in total.